The summed E-state index contributed by atoms with van der Waals surface area (Å²) in [6, 6.07) is 20.7. The van der Waals surface area contributed by atoms with Gasteiger partial charge in [0.25, 0.3) is 0 Å². The summed E-state index contributed by atoms with van der Waals surface area (Å²) < 4.78 is 0. The summed E-state index contributed by atoms with van der Waals surface area (Å²) in [6.07, 6.45) is 0. The van der Waals surface area contributed by atoms with Gasteiger partial charge in [-0.05, 0) is 23.8 Å². The molecule has 0 saturated carbocycles. The smallest absolute Gasteiger partial charge is 0.0995 e. The van der Waals surface area contributed by atoms with Gasteiger partial charge in [0.1, 0.15) is 0 Å². The molecular formula is C18H19N3. The van der Waals surface area contributed by atoms with E-state index < -0.39 is 0 Å². The minimum absolute atomic E-state index is 0.794. The molecule has 1 heterocycles. The van der Waals surface area contributed by atoms with E-state index in [1.165, 1.54) is 5.69 Å². The number of nitriles is 1. The maximum Gasteiger partial charge on any atom is 0.0995 e. The van der Waals surface area contributed by atoms with Gasteiger partial charge in [0.05, 0.1) is 11.6 Å². The fourth-order valence-electron chi connectivity index (χ4n) is 2.81. The molecule has 21 heavy (non-hydrogen) atoms. The molecule has 3 heteroatoms. The highest BCUT2D eigenvalue weighted by Crippen LogP contribution is 2.17. The van der Waals surface area contributed by atoms with E-state index in [0.29, 0.717) is 0 Å². The molecule has 1 aliphatic heterocycles. The van der Waals surface area contributed by atoms with Gasteiger partial charge in [-0.2, -0.15) is 5.26 Å². The SMILES string of the molecule is N#Cc1ccccc1CN1CCN(c2ccccc2)CC1. The molecule has 3 nitrogen and oxygen atoms in total. The molecule has 2 aromatic rings. The van der Waals surface area contributed by atoms with Crippen LogP contribution in [0.1, 0.15) is 11.1 Å². The third-order valence-electron chi connectivity index (χ3n) is 4.03. The number of hydrogen-bond donors (Lipinski definition) is 0. The van der Waals surface area contributed by atoms with E-state index >= 15 is 0 Å². The highest BCUT2D eigenvalue weighted by atomic mass is 15.3. The van der Waals surface area contributed by atoms with Crippen molar-refractivity contribution in [3.63, 3.8) is 0 Å². The van der Waals surface area contributed by atoms with Crippen LogP contribution in [0.2, 0.25) is 0 Å². The van der Waals surface area contributed by atoms with E-state index in [-0.39, 0.29) is 0 Å². The number of benzene rings is 2. The van der Waals surface area contributed by atoms with E-state index in [1.54, 1.807) is 0 Å². The quantitative estimate of drug-likeness (QED) is 0.864. The lowest BCUT2D eigenvalue weighted by atomic mass is 10.1. The Hall–Kier alpha value is -2.31. The molecule has 3 rings (SSSR count). The molecule has 1 fully saturated rings. The molecule has 0 aliphatic carbocycles. The van der Waals surface area contributed by atoms with Crippen LogP contribution in [0.4, 0.5) is 5.69 Å². The molecule has 2 aromatic carbocycles. The zero-order chi connectivity index (χ0) is 14.5. The van der Waals surface area contributed by atoms with Gasteiger partial charge in [0.15, 0.2) is 0 Å². The standard InChI is InChI=1S/C18H19N3/c19-14-16-6-4-5-7-17(16)15-20-10-12-21(13-11-20)18-8-2-1-3-9-18/h1-9H,10-13,15H2. The molecule has 0 spiro atoms. The van der Waals surface area contributed by atoms with Gasteiger partial charge in [-0.3, -0.25) is 4.90 Å². The van der Waals surface area contributed by atoms with Crippen molar-refractivity contribution in [2.75, 3.05) is 31.1 Å². The summed E-state index contributed by atoms with van der Waals surface area (Å²) in [5.74, 6) is 0. The van der Waals surface area contributed by atoms with Crippen molar-refractivity contribution in [2.24, 2.45) is 0 Å². The molecule has 0 bridgehead atoms. The zero-order valence-electron chi connectivity index (χ0n) is 12.1. The van der Waals surface area contributed by atoms with Gasteiger partial charge in [-0.25, -0.2) is 0 Å². The van der Waals surface area contributed by atoms with Crippen LogP contribution in [0, 0.1) is 11.3 Å². The Kier molecular flexibility index (Phi) is 4.18. The van der Waals surface area contributed by atoms with Crippen molar-refractivity contribution in [1.29, 1.82) is 5.26 Å². The van der Waals surface area contributed by atoms with Crippen molar-refractivity contribution >= 4 is 5.69 Å². The molecule has 106 valence electrons. The number of rotatable bonds is 3. The third kappa shape index (κ3) is 3.24. The summed E-state index contributed by atoms with van der Waals surface area (Å²) in [6.45, 7) is 5.02. The van der Waals surface area contributed by atoms with Crippen LogP contribution in [-0.4, -0.2) is 31.1 Å². The van der Waals surface area contributed by atoms with Crippen LogP contribution in [0.3, 0.4) is 0 Å². The summed E-state index contributed by atoms with van der Waals surface area (Å²) in [5.41, 5.74) is 3.23. The van der Waals surface area contributed by atoms with Crippen LogP contribution in [0.15, 0.2) is 54.6 Å². The molecule has 1 aliphatic rings. The Labute approximate surface area is 126 Å². The summed E-state index contributed by atoms with van der Waals surface area (Å²) in [7, 11) is 0. The number of para-hydroxylation sites is 1. The summed E-state index contributed by atoms with van der Waals surface area (Å²) in [5, 5.41) is 9.16. The first-order chi connectivity index (χ1) is 10.4. The normalized spacial score (nSPS) is 15.7. The fraction of sp³-hybridized carbons (Fsp3) is 0.278. The first-order valence-corrected chi connectivity index (χ1v) is 7.37. The van der Waals surface area contributed by atoms with Crippen LogP contribution >= 0.6 is 0 Å². The lowest BCUT2D eigenvalue weighted by Gasteiger charge is -2.36. The zero-order valence-corrected chi connectivity index (χ0v) is 12.1. The third-order valence-corrected chi connectivity index (χ3v) is 4.03. The second kappa shape index (κ2) is 6.43. The molecular weight excluding hydrogens is 258 g/mol. The minimum Gasteiger partial charge on any atom is -0.369 e. The van der Waals surface area contributed by atoms with Crippen molar-refractivity contribution in [3.8, 4) is 6.07 Å². The maximum absolute atomic E-state index is 9.16. The topological polar surface area (TPSA) is 30.3 Å². The average molecular weight is 277 g/mol. The second-order valence-electron chi connectivity index (χ2n) is 5.37. The Morgan fingerprint density at radius 2 is 1.52 bits per heavy atom. The molecule has 1 saturated heterocycles. The van der Waals surface area contributed by atoms with E-state index in [4.69, 9.17) is 5.26 Å². The lowest BCUT2D eigenvalue weighted by Crippen LogP contribution is -2.46. The molecule has 0 N–H and O–H groups in total. The second-order valence-corrected chi connectivity index (χ2v) is 5.37. The molecule has 0 aromatic heterocycles. The van der Waals surface area contributed by atoms with Crippen LogP contribution in [-0.2, 0) is 6.54 Å². The highest BCUT2D eigenvalue weighted by molar-refractivity contribution is 5.46. The van der Waals surface area contributed by atoms with Crippen LogP contribution < -0.4 is 4.90 Å². The van der Waals surface area contributed by atoms with Gasteiger partial charge in [0.2, 0.25) is 0 Å². The number of piperazine rings is 1. The van der Waals surface area contributed by atoms with Crippen molar-refractivity contribution in [1.82, 2.24) is 4.90 Å². The van der Waals surface area contributed by atoms with E-state index in [2.05, 4.69) is 52.3 Å². The average Bonchev–Trinajstić information content (AvgIpc) is 2.57. The highest BCUT2D eigenvalue weighted by Gasteiger charge is 2.17. The number of nitrogens with zero attached hydrogens (tertiary/aromatic N) is 3. The summed E-state index contributed by atoms with van der Waals surface area (Å²) >= 11 is 0. The first-order valence-electron chi connectivity index (χ1n) is 7.37. The number of anilines is 1. The Bertz CT molecular complexity index is 622. The lowest BCUT2D eigenvalue weighted by molar-refractivity contribution is 0.249. The van der Waals surface area contributed by atoms with Crippen molar-refractivity contribution in [2.45, 2.75) is 6.54 Å². The van der Waals surface area contributed by atoms with Crippen LogP contribution in [0.25, 0.3) is 0 Å². The Morgan fingerprint density at radius 1 is 0.857 bits per heavy atom. The van der Waals surface area contributed by atoms with E-state index in [1.807, 2.05) is 18.2 Å². The predicted molar refractivity (Wildman–Crippen MR) is 85.1 cm³/mol. The monoisotopic (exact) mass is 277 g/mol. The van der Waals surface area contributed by atoms with Crippen LogP contribution in [0.5, 0.6) is 0 Å². The minimum atomic E-state index is 0.794. The van der Waals surface area contributed by atoms with E-state index in [0.717, 1.165) is 43.9 Å². The Balaban J connectivity index is 1.60. The van der Waals surface area contributed by atoms with Gasteiger partial charge >= 0.3 is 0 Å². The predicted octanol–water partition coefficient (Wildman–Crippen LogP) is 2.88. The molecule has 0 amide bonds. The largest absolute Gasteiger partial charge is 0.369 e. The van der Waals surface area contributed by atoms with E-state index in [9.17, 15) is 0 Å². The van der Waals surface area contributed by atoms with Crippen molar-refractivity contribution < 1.29 is 0 Å². The maximum atomic E-state index is 9.16. The molecule has 0 radical (unpaired) electrons. The van der Waals surface area contributed by atoms with Gasteiger partial charge < -0.3 is 4.90 Å². The summed E-state index contributed by atoms with van der Waals surface area (Å²) in [4.78, 5) is 4.85. The van der Waals surface area contributed by atoms with Gasteiger partial charge in [-0.1, -0.05) is 36.4 Å². The van der Waals surface area contributed by atoms with Gasteiger partial charge in [0, 0.05) is 38.4 Å². The fourth-order valence-corrected chi connectivity index (χ4v) is 2.81. The molecule has 0 atom stereocenters. The van der Waals surface area contributed by atoms with Crippen molar-refractivity contribution in [3.05, 3.63) is 65.7 Å². The molecule has 0 unspecified atom stereocenters. The first kappa shape index (κ1) is 13.7. The number of hydrogen-bond acceptors (Lipinski definition) is 3. The van der Waals surface area contributed by atoms with Gasteiger partial charge in [-0.15, -0.1) is 0 Å². The Morgan fingerprint density at radius 3 is 2.24 bits per heavy atom.